The summed E-state index contributed by atoms with van der Waals surface area (Å²) in [5.41, 5.74) is 0.233. The number of hydrogen-bond acceptors (Lipinski definition) is 2. The summed E-state index contributed by atoms with van der Waals surface area (Å²) in [6.07, 6.45) is 1.86. The molecule has 0 bridgehead atoms. The number of ether oxygens (including phenoxy) is 1. The second-order valence-electron chi connectivity index (χ2n) is 4.07. The van der Waals surface area contributed by atoms with Crippen LogP contribution in [-0.2, 0) is 4.74 Å². The molecule has 0 N–H and O–H groups in total. The van der Waals surface area contributed by atoms with Crippen LogP contribution in [0.4, 0.5) is 0 Å². The predicted octanol–water partition coefficient (Wildman–Crippen LogP) is 2.10. The number of aliphatic imine (C=N–C) groups is 1. The van der Waals surface area contributed by atoms with Crippen LogP contribution in [-0.4, -0.2) is 19.0 Å². The third kappa shape index (κ3) is 1.55. The van der Waals surface area contributed by atoms with Crippen molar-refractivity contribution in [3.8, 4) is 0 Å². The van der Waals surface area contributed by atoms with Gasteiger partial charge in [0.25, 0.3) is 0 Å². The van der Waals surface area contributed by atoms with Gasteiger partial charge in [-0.1, -0.05) is 27.7 Å². The Hall–Kier alpha value is -0.530. The Morgan fingerprint density at radius 2 is 2.18 bits per heavy atom. The van der Waals surface area contributed by atoms with Gasteiger partial charge in [0, 0.05) is 5.41 Å². The number of nitrogens with zero attached hydrogens (tertiary/aromatic N) is 1. The Balaban J connectivity index is 2.57. The highest BCUT2D eigenvalue weighted by molar-refractivity contribution is 5.49. The normalized spacial score (nSPS) is 24.3. The van der Waals surface area contributed by atoms with Crippen molar-refractivity contribution in [3.05, 3.63) is 0 Å². The quantitative estimate of drug-likeness (QED) is 0.598. The molecule has 2 nitrogen and oxygen atoms in total. The maximum atomic E-state index is 5.39. The van der Waals surface area contributed by atoms with E-state index >= 15 is 0 Å². The van der Waals surface area contributed by atoms with E-state index in [4.69, 9.17) is 4.74 Å². The van der Waals surface area contributed by atoms with Crippen molar-refractivity contribution < 1.29 is 4.74 Å². The van der Waals surface area contributed by atoms with Crippen LogP contribution in [0.2, 0.25) is 0 Å². The van der Waals surface area contributed by atoms with E-state index in [1.165, 1.54) is 0 Å². The molecular weight excluding hydrogens is 138 g/mol. The fourth-order valence-corrected chi connectivity index (χ4v) is 1.08. The summed E-state index contributed by atoms with van der Waals surface area (Å²) in [5.74, 6) is 0.634. The molecule has 2 heteroatoms. The third-order valence-corrected chi connectivity index (χ3v) is 2.89. The molecular formula is C9H17NO. The van der Waals surface area contributed by atoms with E-state index in [1.807, 2.05) is 0 Å². The molecule has 0 aromatic heterocycles. The van der Waals surface area contributed by atoms with E-state index in [9.17, 15) is 0 Å². The van der Waals surface area contributed by atoms with Crippen molar-refractivity contribution in [1.82, 2.24) is 0 Å². The van der Waals surface area contributed by atoms with Crippen molar-refractivity contribution in [3.63, 3.8) is 0 Å². The Bertz CT molecular complexity index is 153. The van der Waals surface area contributed by atoms with Gasteiger partial charge in [-0.3, -0.25) is 4.99 Å². The van der Waals surface area contributed by atoms with Gasteiger partial charge in [-0.05, 0) is 5.92 Å². The molecule has 1 aliphatic heterocycles. The van der Waals surface area contributed by atoms with Crippen LogP contribution in [0.15, 0.2) is 4.99 Å². The molecule has 0 saturated carbocycles. The third-order valence-electron chi connectivity index (χ3n) is 2.89. The van der Waals surface area contributed by atoms with Crippen molar-refractivity contribution in [2.45, 2.75) is 33.8 Å². The van der Waals surface area contributed by atoms with Gasteiger partial charge in [0.15, 0.2) is 6.40 Å². The summed E-state index contributed by atoms with van der Waals surface area (Å²) < 4.78 is 5.39. The van der Waals surface area contributed by atoms with Gasteiger partial charge >= 0.3 is 0 Å². The lowest BCUT2D eigenvalue weighted by Crippen LogP contribution is -2.36. The summed E-state index contributed by atoms with van der Waals surface area (Å²) >= 11 is 0. The summed E-state index contributed by atoms with van der Waals surface area (Å²) in [6, 6.07) is 0. The van der Waals surface area contributed by atoms with Crippen LogP contribution >= 0.6 is 0 Å². The average Bonchev–Trinajstić information content (AvgIpc) is 2.37. The Labute approximate surface area is 68.7 Å². The van der Waals surface area contributed by atoms with E-state index in [1.54, 1.807) is 6.40 Å². The predicted molar refractivity (Wildman–Crippen MR) is 46.9 cm³/mol. The van der Waals surface area contributed by atoms with Crippen molar-refractivity contribution in [2.24, 2.45) is 16.3 Å². The first-order valence-corrected chi connectivity index (χ1v) is 4.19. The van der Waals surface area contributed by atoms with Crippen molar-refractivity contribution >= 4 is 6.40 Å². The average molecular weight is 155 g/mol. The zero-order valence-corrected chi connectivity index (χ0v) is 7.79. The number of rotatable bonds is 2. The maximum Gasteiger partial charge on any atom is 0.170 e. The van der Waals surface area contributed by atoms with Gasteiger partial charge < -0.3 is 4.74 Å². The molecule has 1 rings (SSSR count). The van der Waals surface area contributed by atoms with Crippen molar-refractivity contribution in [1.29, 1.82) is 0 Å². The highest BCUT2D eigenvalue weighted by Gasteiger charge is 2.35. The zero-order valence-electron chi connectivity index (χ0n) is 7.79. The number of hydrogen-bond donors (Lipinski definition) is 0. The lowest BCUT2D eigenvalue weighted by Gasteiger charge is -2.33. The second kappa shape index (κ2) is 2.84. The summed E-state index contributed by atoms with van der Waals surface area (Å²) in [7, 11) is 0. The molecule has 1 unspecified atom stereocenters. The molecule has 0 saturated heterocycles. The van der Waals surface area contributed by atoms with E-state index in [-0.39, 0.29) is 11.5 Å². The van der Waals surface area contributed by atoms with Crippen LogP contribution in [0, 0.1) is 11.3 Å². The first-order chi connectivity index (χ1) is 5.05. The zero-order chi connectivity index (χ0) is 8.48. The molecule has 0 spiro atoms. The van der Waals surface area contributed by atoms with E-state index < -0.39 is 0 Å². The fourth-order valence-electron chi connectivity index (χ4n) is 1.08. The minimum atomic E-state index is 0.233. The molecule has 0 amide bonds. The van der Waals surface area contributed by atoms with Crippen LogP contribution in [0.1, 0.15) is 27.7 Å². The SMILES string of the molecule is CC(C)C(C)(C)C1CN=CO1. The van der Waals surface area contributed by atoms with Gasteiger partial charge in [0.05, 0.1) is 6.54 Å². The van der Waals surface area contributed by atoms with Gasteiger partial charge in [-0.2, -0.15) is 0 Å². The standard InChI is InChI=1S/C9H17NO/c1-7(2)9(3,4)8-5-10-6-11-8/h6-8H,5H2,1-4H3. The molecule has 1 heterocycles. The Kier molecular flexibility index (Phi) is 2.21. The molecule has 0 aromatic carbocycles. The summed E-state index contributed by atoms with van der Waals surface area (Å²) in [4.78, 5) is 4.07. The van der Waals surface area contributed by atoms with Crippen LogP contribution in [0.5, 0.6) is 0 Å². The van der Waals surface area contributed by atoms with Crippen LogP contribution in [0.25, 0.3) is 0 Å². The van der Waals surface area contributed by atoms with Gasteiger partial charge in [-0.25, -0.2) is 0 Å². The van der Waals surface area contributed by atoms with E-state index in [2.05, 4.69) is 32.7 Å². The Morgan fingerprint density at radius 1 is 1.55 bits per heavy atom. The maximum absolute atomic E-state index is 5.39. The first kappa shape index (κ1) is 8.57. The fraction of sp³-hybridized carbons (Fsp3) is 0.889. The molecule has 64 valence electrons. The van der Waals surface area contributed by atoms with Crippen molar-refractivity contribution in [2.75, 3.05) is 6.54 Å². The van der Waals surface area contributed by atoms with Crippen LogP contribution < -0.4 is 0 Å². The highest BCUT2D eigenvalue weighted by atomic mass is 16.5. The molecule has 1 aliphatic rings. The van der Waals surface area contributed by atoms with Gasteiger partial charge in [0.1, 0.15) is 6.10 Å². The lowest BCUT2D eigenvalue weighted by molar-refractivity contribution is 0.0541. The monoisotopic (exact) mass is 155 g/mol. The van der Waals surface area contributed by atoms with E-state index in [0.29, 0.717) is 5.92 Å². The Morgan fingerprint density at radius 3 is 2.55 bits per heavy atom. The minimum Gasteiger partial charge on any atom is -0.478 e. The highest BCUT2D eigenvalue weighted by Crippen LogP contribution is 2.33. The molecule has 0 aliphatic carbocycles. The topological polar surface area (TPSA) is 21.6 Å². The first-order valence-electron chi connectivity index (χ1n) is 4.19. The molecule has 0 aromatic rings. The molecule has 1 atom stereocenters. The minimum absolute atomic E-state index is 0.233. The second-order valence-corrected chi connectivity index (χ2v) is 4.07. The molecule has 0 fully saturated rings. The largest absolute Gasteiger partial charge is 0.478 e. The smallest absolute Gasteiger partial charge is 0.170 e. The van der Waals surface area contributed by atoms with E-state index in [0.717, 1.165) is 6.54 Å². The van der Waals surface area contributed by atoms with Crippen LogP contribution in [0.3, 0.4) is 0 Å². The summed E-state index contributed by atoms with van der Waals surface area (Å²) in [6.45, 7) is 9.74. The molecule has 0 radical (unpaired) electrons. The van der Waals surface area contributed by atoms with Gasteiger partial charge in [0.2, 0.25) is 0 Å². The molecule has 11 heavy (non-hydrogen) atoms. The summed E-state index contributed by atoms with van der Waals surface area (Å²) in [5, 5.41) is 0. The van der Waals surface area contributed by atoms with Gasteiger partial charge in [-0.15, -0.1) is 0 Å². The lowest BCUT2D eigenvalue weighted by atomic mass is 9.76.